The first-order chi connectivity index (χ1) is 17.5. The predicted molar refractivity (Wildman–Crippen MR) is 150 cm³/mol. The van der Waals surface area contributed by atoms with E-state index >= 15 is 0 Å². The minimum absolute atomic E-state index is 0.0731. The summed E-state index contributed by atoms with van der Waals surface area (Å²) in [7, 11) is 0. The zero-order valence-corrected chi connectivity index (χ0v) is 23.2. The number of nitrogens with one attached hydrogen (secondary N) is 1. The van der Waals surface area contributed by atoms with Crippen molar-refractivity contribution in [3.05, 3.63) is 58.0 Å². The van der Waals surface area contributed by atoms with Crippen LogP contribution in [0.3, 0.4) is 0 Å². The van der Waals surface area contributed by atoms with Gasteiger partial charge in [-0.25, -0.2) is 0 Å². The first kappa shape index (κ1) is 26.8. The number of benzene rings is 2. The van der Waals surface area contributed by atoms with Crippen LogP contribution in [0, 0.1) is 6.92 Å². The predicted octanol–water partition coefficient (Wildman–Crippen LogP) is 6.18. The summed E-state index contributed by atoms with van der Waals surface area (Å²) in [5.74, 6) is 0.198. The molecule has 0 saturated carbocycles. The van der Waals surface area contributed by atoms with Crippen LogP contribution in [0.2, 0.25) is 0 Å². The average molecular weight is 522 g/mol. The Morgan fingerprint density at radius 1 is 1.19 bits per heavy atom. The summed E-state index contributed by atoms with van der Waals surface area (Å²) in [6, 6.07) is 11.3. The minimum atomic E-state index is -0.446. The van der Waals surface area contributed by atoms with Gasteiger partial charge in [0.15, 0.2) is 0 Å². The smallest absolute Gasteiger partial charge is 0.294 e. The molecule has 0 bridgehead atoms. The molecule has 0 aliphatic carbocycles. The van der Waals surface area contributed by atoms with E-state index in [2.05, 4.69) is 50.0 Å². The highest BCUT2D eigenvalue weighted by Crippen LogP contribution is 2.45. The molecule has 1 fully saturated rings. The number of nitrogens with zero attached hydrogens (tertiary/aromatic N) is 2. The van der Waals surface area contributed by atoms with Crippen LogP contribution in [0.15, 0.2) is 41.3 Å². The Kier molecular flexibility index (Phi) is 7.69. The van der Waals surface area contributed by atoms with Crippen molar-refractivity contribution in [3.8, 4) is 5.75 Å². The maximum Gasteiger partial charge on any atom is 0.294 e. The number of rotatable bonds is 7. The average Bonchev–Trinajstić information content (AvgIpc) is 3.08. The van der Waals surface area contributed by atoms with Gasteiger partial charge in [0.25, 0.3) is 11.1 Å². The van der Waals surface area contributed by atoms with Crippen LogP contribution in [0.5, 0.6) is 5.75 Å². The highest BCUT2D eigenvalue weighted by atomic mass is 32.2. The van der Waals surface area contributed by atoms with Crippen molar-refractivity contribution < 1.29 is 19.1 Å². The summed E-state index contributed by atoms with van der Waals surface area (Å²) < 4.78 is 5.41. The molecule has 196 valence electrons. The lowest BCUT2D eigenvalue weighted by Gasteiger charge is -2.47. The van der Waals surface area contributed by atoms with Crippen molar-refractivity contribution in [1.29, 1.82) is 0 Å². The molecular weight excluding hydrogens is 486 g/mol. The van der Waals surface area contributed by atoms with E-state index in [0.29, 0.717) is 28.9 Å². The van der Waals surface area contributed by atoms with Gasteiger partial charge in [0.2, 0.25) is 5.91 Å². The molecule has 2 aliphatic heterocycles. The Morgan fingerprint density at radius 3 is 2.54 bits per heavy atom. The lowest BCUT2D eigenvalue weighted by atomic mass is 9.79. The standard InChI is InChI=1S/C29H35N3O4S/c1-7-32-24-13-18(3)20(14-23(24)19(4)16-29(32,5)6)15-25-27(34)31(28(35)37-25)17-26(33)30-21-9-11-22(12-10-21)36-8-2/h9-15,19H,7-8,16-17H2,1-6H3,(H,30,33)/b25-15-. The van der Waals surface area contributed by atoms with E-state index in [1.54, 1.807) is 30.3 Å². The summed E-state index contributed by atoms with van der Waals surface area (Å²) in [6.07, 6.45) is 2.82. The van der Waals surface area contributed by atoms with Gasteiger partial charge in [-0.05, 0) is 118 Å². The molecule has 2 aliphatic rings. The molecule has 37 heavy (non-hydrogen) atoms. The molecule has 1 saturated heterocycles. The fourth-order valence-electron chi connectivity index (χ4n) is 5.33. The SMILES string of the molecule is CCOc1ccc(NC(=O)CN2C(=O)S/C(=C\c3cc4c(cc3C)N(CC)C(C)(C)CC4C)C2=O)cc1. The maximum atomic E-state index is 13.1. The molecule has 8 heteroatoms. The Balaban J connectivity index is 1.51. The quantitative estimate of drug-likeness (QED) is 0.438. The molecule has 0 spiro atoms. The van der Waals surface area contributed by atoms with Crippen LogP contribution in [-0.2, 0) is 9.59 Å². The van der Waals surface area contributed by atoms with Crippen molar-refractivity contribution >= 4 is 46.3 Å². The number of fused-ring (bicyclic) bond motifs is 1. The molecule has 7 nitrogen and oxygen atoms in total. The fraction of sp³-hybridized carbons (Fsp3) is 0.414. The third-order valence-corrected chi connectivity index (χ3v) is 7.91. The third kappa shape index (κ3) is 5.54. The molecule has 0 aromatic heterocycles. The van der Waals surface area contributed by atoms with Crippen LogP contribution in [-0.4, -0.2) is 47.2 Å². The largest absolute Gasteiger partial charge is 0.494 e. The second kappa shape index (κ2) is 10.6. The van der Waals surface area contributed by atoms with Crippen LogP contribution in [0.4, 0.5) is 16.2 Å². The maximum absolute atomic E-state index is 13.1. The molecule has 2 aromatic carbocycles. The number of imide groups is 1. The zero-order chi connectivity index (χ0) is 26.9. The van der Waals surface area contributed by atoms with Crippen LogP contribution in [0.25, 0.3) is 6.08 Å². The molecule has 3 amide bonds. The second-order valence-electron chi connectivity index (χ2n) is 10.2. The first-order valence-corrected chi connectivity index (χ1v) is 13.6. The number of carbonyl (C=O) groups excluding carboxylic acids is 3. The van der Waals surface area contributed by atoms with E-state index in [0.717, 1.165) is 40.8 Å². The number of aryl methyl sites for hydroxylation is 1. The number of carbonyl (C=O) groups is 3. The summed E-state index contributed by atoms with van der Waals surface area (Å²) in [6.45, 7) is 14.0. The van der Waals surface area contributed by atoms with Crippen molar-refractivity contribution in [1.82, 2.24) is 4.90 Å². The van der Waals surface area contributed by atoms with Crippen LogP contribution < -0.4 is 15.0 Å². The Morgan fingerprint density at radius 2 is 1.89 bits per heavy atom. The van der Waals surface area contributed by atoms with E-state index in [4.69, 9.17) is 4.74 Å². The number of hydrogen-bond acceptors (Lipinski definition) is 6. The van der Waals surface area contributed by atoms with Gasteiger partial charge in [-0.2, -0.15) is 0 Å². The normalized spacial score (nSPS) is 19.8. The Hall–Kier alpha value is -3.26. The summed E-state index contributed by atoms with van der Waals surface area (Å²) in [4.78, 5) is 42.1. The third-order valence-electron chi connectivity index (χ3n) is 7.00. The number of ether oxygens (including phenoxy) is 1. The lowest BCUT2D eigenvalue weighted by molar-refractivity contribution is -0.127. The van der Waals surface area contributed by atoms with Gasteiger partial charge in [0.1, 0.15) is 12.3 Å². The summed E-state index contributed by atoms with van der Waals surface area (Å²) in [5, 5.41) is 2.29. The summed E-state index contributed by atoms with van der Waals surface area (Å²) >= 11 is 0.876. The van der Waals surface area contributed by atoms with E-state index < -0.39 is 17.1 Å². The van der Waals surface area contributed by atoms with Crippen molar-refractivity contribution in [3.63, 3.8) is 0 Å². The van der Waals surface area contributed by atoms with Gasteiger partial charge in [-0.3, -0.25) is 19.3 Å². The van der Waals surface area contributed by atoms with Crippen LogP contribution >= 0.6 is 11.8 Å². The fourth-order valence-corrected chi connectivity index (χ4v) is 6.16. The van der Waals surface area contributed by atoms with Gasteiger partial charge < -0.3 is 15.0 Å². The Bertz CT molecular complexity index is 1250. The number of thioether (sulfide) groups is 1. The molecule has 1 N–H and O–H groups in total. The topological polar surface area (TPSA) is 79.0 Å². The molecule has 1 atom stereocenters. The van der Waals surface area contributed by atoms with E-state index in [1.807, 2.05) is 13.8 Å². The van der Waals surface area contributed by atoms with Crippen molar-refractivity contribution in [2.24, 2.45) is 0 Å². The number of anilines is 2. The highest BCUT2D eigenvalue weighted by molar-refractivity contribution is 8.18. The monoisotopic (exact) mass is 521 g/mol. The first-order valence-electron chi connectivity index (χ1n) is 12.7. The van der Waals surface area contributed by atoms with Crippen molar-refractivity contribution in [2.45, 2.75) is 59.4 Å². The molecule has 2 aromatic rings. The van der Waals surface area contributed by atoms with Gasteiger partial charge in [0, 0.05) is 23.5 Å². The highest BCUT2D eigenvalue weighted by Gasteiger charge is 2.38. The molecule has 1 unspecified atom stereocenters. The molecule has 4 rings (SSSR count). The second-order valence-corrected chi connectivity index (χ2v) is 11.2. The number of hydrogen-bond donors (Lipinski definition) is 1. The van der Waals surface area contributed by atoms with E-state index in [1.165, 1.54) is 11.3 Å². The summed E-state index contributed by atoms with van der Waals surface area (Å²) in [5.41, 5.74) is 5.10. The molecule has 0 radical (unpaired) electrons. The van der Waals surface area contributed by atoms with Crippen molar-refractivity contribution in [2.75, 3.05) is 29.9 Å². The Labute approximate surface area is 223 Å². The minimum Gasteiger partial charge on any atom is -0.494 e. The van der Waals surface area contributed by atoms with Gasteiger partial charge in [-0.15, -0.1) is 0 Å². The van der Waals surface area contributed by atoms with Gasteiger partial charge in [-0.1, -0.05) is 6.92 Å². The molecular formula is C29H35N3O4S. The van der Waals surface area contributed by atoms with E-state index in [-0.39, 0.29) is 12.1 Å². The van der Waals surface area contributed by atoms with E-state index in [9.17, 15) is 14.4 Å². The van der Waals surface area contributed by atoms with Gasteiger partial charge >= 0.3 is 0 Å². The lowest BCUT2D eigenvalue weighted by Crippen LogP contribution is -2.48. The van der Waals surface area contributed by atoms with Crippen LogP contribution in [0.1, 0.15) is 63.6 Å². The zero-order valence-electron chi connectivity index (χ0n) is 22.4. The molecule has 2 heterocycles. The van der Waals surface area contributed by atoms with Gasteiger partial charge in [0.05, 0.1) is 11.5 Å². The number of amides is 3.